The van der Waals surface area contributed by atoms with E-state index in [1.165, 1.54) is 19.3 Å². The third kappa shape index (κ3) is 2.92. The first-order chi connectivity index (χ1) is 7.31. The maximum absolute atomic E-state index is 10.7. The Kier molecular flexibility index (Phi) is 4.00. The summed E-state index contributed by atoms with van der Waals surface area (Å²) in [7, 11) is 0. The van der Waals surface area contributed by atoms with Crippen molar-refractivity contribution < 1.29 is 9.84 Å². The Bertz CT molecular complexity index is 180. The third-order valence-electron chi connectivity index (χ3n) is 3.79. The number of hydrogen-bond acceptors (Lipinski definition) is 3. The van der Waals surface area contributed by atoms with Gasteiger partial charge >= 0.3 is 0 Å². The lowest BCUT2D eigenvalue weighted by Crippen LogP contribution is -2.50. The van der Waals surface area contributed by atoms with E-state index in [4.69, 9.17) is 4.74 Å². The Morgan fingerprint density at radius 3 is 2.93 bits per heavy atom. The Labute approximate surface area is 92.2 Å². The summed E-state index contributed by atoms with van der Waals surface area (Å²) in [6, 6.07) is 0.293. The van der Waals surface area contributed by atoms with Gasteiger partial charge in [-0.1, -0.05) is 12.8 Å². The summed E-state index contributed by atoms with van der Waals surface area (Å²) >= 11 is 0. The van der Waals surface area contributed by atoms with Crippen molar-refractivity contribution in [3.8, 4) is 0 Å². The maximum Gasteiger partial charge on any atom is 0.0822 e. The minimum Gasteiger partial charge on any atom is -0.388 e. The molecule has 0 aromatic rings. The summed E-state index contributed by atoms with van der Waals surface area (Å²) in [4.78, 5) is 0. The minimum absolute atomic E-state index is 0.293. The predicted octanol–water partition coefficient (Wildman–Crippen LogP) is 1.45. The van der Waals surface area contributed by atoms with Crippen LogP contribution in [0.4, 0.5) is 0 Å². The molecule has 0 saturated carbocycles. The van der Waals surface area contributed by atoms with Gasteiger partial charge in [0.15, 0.2) is 0 Å². The molecule has 3 heteroatoms. The molecule has 2 unspecified atom stereocenters. The standard InChI is InChI=1S/C12H23NO2/c14-12(6-4-9-15-10-7-12)11-5-2-1-3-8-13-11/h11,13-14H,1-10H2. The van der Waals surface area contributed by atoms with E-state index < -0.39 is 5.60 Å². The molecular weight excluding hydrogens is 190 g/mol. The Hall–Kier alpha value is -0.120. The van der Waals surface area contributed by atoms with Crippen molar-refractivity contribution in [2.45, 2.75) is 56.6 Å². The van der Waals surface area contributed by atoms with Crippen LogP contribution in [-0.4, -0.2) is 36.5 Å². The number of aliphatic hydroxyl groups is 1. The second-order valence-corrected chi connectivity index (χ2v) is 4.93. The first-order valence-corrected chi connectivity index (χ1v) is 6.35. The van der Waals surface area contributed by atoms with Crippen molar-refractivity contribution >= 4 is 0 Å². The van der Waals surface area contributed by atoms with Gasteiger partial charge < -0.3 is 15.2 Å². The second-order valence-electron chi connectivity index (χ2n) is 4.93. The first-order valence-electron chi connectivity index (χ1n) is 6.35. The van der Waals surface area contributed by atoms with Gasteiger partial charge in [-0.3, -0.25) is 0 Å². The van der Waals surface area contributed by atoms with E-state index in [-0.39, 0.29) is 0 Å². The molecular formula is C12H23NO2. The van der Waals surface area contributed by atoms with E-state index in [0.29, 0.717) is 12.6 Å². The number of ether oxygens (including phenoxy) is 1. The van der Waals surface area contributed by atoms with Gasteiger partial charge in [0, 0.05) is 25.7 Å². The topological polar surface area (TPSA) is 41.5 Å². The van der Waals surface area contributed by atoms with Crippen LogP contribution in [0.5, 0.6) is 0 Å². The van der Waals surface area contributed by atoms with E-state index in [2.05, 4.69) is 5.32 Å². The van der Waals surface area contributed by atoms with Crippen molar-refractivity contribution in [1.29, 1.82) is 0 Å². The van der Waals surface area contributed by atoms with Crippen LogP contribution in [0, 0.1) is 0 Å². The van der Waals surface area contributed by atoms with Gasteiger partial charge in [0.2, 0.25) is 0 Å². The van der Waals surface area contributed by atoms with Gasteiger partial charge in [0.05, 0.1) is 5.60 Å². The number of rotatable bonds is 1. The number of hydrogen-bond donors (Lipinski definition) is 2. The summed E-state index contributed by atoms with van der Waals surface area (Å²) in [5.41, 5.74) is -0.513. The molecule has 2 saturated heterocycles. The first kappa shape index (κ1) is 11.4. The zero-order valence-corrected chi connectivity index (χ0v) is 9.50. The molecule has 0 aromatic carbocycles. The van der Waals surface area contributed by atoms with Gasteiger partial charge in [-0.05, 0) is 32.2 Å². The van der Waals surface area contributed by atoms with Gasteiger partial charge in [-0.15, -0.1) is 0 Å². The van der Waals surface area contributed by atoms with Gasteiger partial charge in [-0.25, -0.2) is 0 Å². The molecule has 2 heterocycles. The fraction of sp³-hybridized carbons (Fsp3) is 1.00. The highest BCUT2D eigenvalue weighted by atomic mass is 16.5. The quantitative estimate of drug-likeness (QED) is 0.692. The fourth-order valence-corrected chi connectivity index (χ4v) is 2.79. The zero-order valence-electron chi connectivity index (χ0n) is 9.50. The molecule has 2 rings (SSSR count). The molecule has 0 radical (unpaired) electrons. The average Bonchev–Trinajstić information content (AvgIpc) is 2.60. The Balaban J connectivity index is 1.97. The van der Waals surface area contributed by atoms with Crippen molar-refractivity contribution in [3.63, 3.8) is 0 Å². The summed E-state index contributed by atoms with van der Waals surface area (Å²) in [6.45, 7) is 2.59. The zero-order chi connectivity index (χ0) is 10.6. The second kappa shape index (κ2) is 5.28. The molecule has 2 fully saturated rings. The molecule has 2 aliphatic heterocycles. The Morgan fingerprint density at radius 2 is 2.00 bits per heavy atom. The lowest BCUT2D eigenvalue weighted by Gasteiger charge is -2.35. The van der Waals surface area contributed by atoms with Crippen molar-refractivity contribution in [3.05, 3.63) is 0 Å². The molecule has 0 aromatic heterocycles. The van der Waals surface area contributed by atoms with E-state index >= 15 is 0 Å². The van der Waals surface area contributed by atoms with Crippen LogP contribution in [0.2, 0.25) is 0 Å². The lowest BCUT2D eigenvalue weighted by molar-refractivity contribution is -0.0176. The van der Waals surface area contributed by atoms with Crippen LogP contribution in [0.15, 0.2) is 0 Å². The molecule has 2 aliphatic rings. The van der Waals surface area contributed by atoms with Gasteiger partial charge in [0.25, 0.3) is 0 Å². The summed E-state index contributed by atoms with van der Waals surface area (Å²) in [5, 5.41) is 14.2. The lowest BCUT2D eigenvalue weighted by atomic mass is 9.84. The van der Waals surface area contributed by atoms with Crippen LogP contribution < -0.4 is 5.32 Å². The van der Waals surface area contributed by atoms with Crippen LogP contribution in [0.3, 0.4) is 0 Å². The molecule has 88 valence electrons. The normalized spacial score (nSPS) is 39.4. The fourth-order valence-electron chi connectivity index (χ4n) is 2.79. The monoisotopic (exact) mass is 213 g/mol. The SMILES string of the molecule is OC1(C2CCCCCN2)CCCOCC1. The third-order valence-corrected chi connectivity index (χ3v) is 3.79. The van der Waals surface area contributed by atoms with E-state index in [0.717, 1.165) is 38.8 Å². The van der Waals surface area contributed by atoms with Crippen LogP contribution in [-0.2, 0) is 4.74 Å². The van der Waals surface area contributed by atoms with Crippen molar-refractivity contribution in [2.24, 2.45) is 0 Å². The molecule has 2 atom stereocenters. The summed E-state index contributed by atoms with van der Waals surface area (Å²) in [5.74, 6) is 0. The summed E-state index contributed by atoms with van der Waals surface area (Å²) in [6.07, 6.45) is 7.61. The molecule has 0 spiro atoms. The van der Waals surface area contributed by atoms with Crippen LogP contribution >= 0.6 is 0 Å². The van der Waals surface area contributed by atoms with Crippen molar-refractivity contribution in [1.82, 2.24) is 5.32 Å². The van der Waals surface area contributed by atoms with E-state index in [1.54, 1.807) is 0 Å². The molecule has 15 heavy (non-hydrogen) atoms. The van der Waals surface area contributed by atoms with E-state index in [1.807, 2.05) is 0 Å². The highest BCUT2D eigenvalue weighted by Gasteiger charge is 2.36. The van der Waals surface area contributed by atoms with Gasteiger partial charge in [-0.2, -0.15) is 0 Å². The molecule has 0 bridgehead atoms. The minimum atomic E-state index is -0.513. The average molecular weight is 213 g/mol. The highest BCUT2D eigenvalue weighted by molar-refractivity contribution is 4.93. The van der Waals surface area contributed by atoms with E-state index in [9.17, 15) is 5.11 Å². The molecule has 3 nitrogen and oxygen atoms in total. The smallest absolute Gasteiger partial charge is 0.0822 e. The summed E-state index contributed by atoms with van der Waals surface area (Å²) < 4.78 is 5.42. The number of nitrogens with one attached hydrogen (secondary N) is 1. The molecule has 0 aliphatic carbocycles. The molecule has 2 N–H and O–H groups in total. The molecule has 0 amide bonds. The van der Waals surface area contributed by atoms with Crippen LogP contribution in [0.1, 0.15) is 44.9 Å². The van der Waals surface area contributed by atoms with Crippen molar-refractivity contribution in [2.75, 3.05) is 19.8 Å². The maximum atomic E-state index is 10.7. The predicted molar refractivity (Wildman–Crippen MR) is 59.9 cm³/mol. The Morgan fingerprint density at radius 1 is 1.07 bits per heavy atom. The highest BCUT2D eigenvalue weighted by Crippen LogP contribution is 2.28. The van der Waals surface area contributed by atoms with Crippen LogP contribution in [0.25, 0.3) is 0 Å². The van der Waals surface area contributed by atoms with Gasteiger partial charge in [0.1, 0.15) is 0 Å². The largest absolute Gasteiger partial charge is 0.388 e.